The van der Waals surface area contributed by atoms with Crippen molar-refractivity contribution in [2.24, 2.45) is 0 Å². The van der Waals surface area contributed by atoms with Crippen molar-refractivity contribution < 1.29 is 9.53 Å². The summed E-state index contributed by atoms with van der Waals surface area (Å²) in [5.41, 5.74) is 1.18. The second-order valence-corrected chi connectivity index (χ2v) is 4.69. The predicted octanol–water partition coefficient (Wildman–Crippen LogP) is 4.49. The summed E-state index contributed by atoms with van der Waals surface area (Å²) in [6.45, 7) is 0. The Balaban J connectivity index is 2.07. The summed E-state index contributed by atoms with van der Waals surface area (Å²) in [5.74, 6) is 0.823. The fourth-order valence-corrected chi connectivity index (χ4v) is 2.10. The Morgan fingerprint density at radius 3 is 2.70 bits per heavy atom. The monoisotopic (exact) mass is 283 g/mol. The van der Waals surface area contributed by atoms with E-state index in [9.17, 15) is 4.79 Å². The Kier molecular flexibility index (Phi) is 3.35. The van der Waals surface area contributed by atoms with Gasteiger partial charge in [-0.2, -0.15) is 0 Å². The molecule has 0 spiro atoms. The highest BCUT2D eigenvalue weighted by molar-refractivity contribution is 6.30. The number of fused-ring (bicyclic) bond motifs is 1. The summed E-state index contributed by atoms with van der Waals surface area (Å²) in [7, 11) is 0. The van der Waals surface area contributed by atoms with Crippen LogP contribution in [0, 0.1) is 0 Å². The van der Waals surface area contributed by atoms with Crippen LogP contribution in [0.25, 0.3) is 10.9 Å². The van der Waals surface area contributed by atoms with Gasteiger partial charge in [-0.1, -0.05) is 35.9 Å². The van der Waals surface area contributed by atoms with E-state index in [1.54, 1.807) is 30.3 Å². The van der Waals surface area contributed by atoms with E-state index in [1.807, 2.05) is 24.3 Å². The van der Waals surface area contributed by atoms with Crippen LogP contribution in [0.1, 0.15) is 10.4 Å². The second kappa shape index (κ2) is 5.31. The minimum absolute atomic E-state index is 0.279. The third-order valence-electron chi connectivity index (χ3n) is 2.85. The predicted molar refractivity (Wildman–Crippen MR) is 78.7 cm³/mol. The molecule has 3 rings (SSSR count). The molecule has 0 bridgehead atoms. The normalized spacial score (nSPS) is 10.4. The molecule has 98 valence electrons. The molecular weight excluding hydrogens is 274 g/mol. The number of para-hydroxylation sites is 1. The van der Waals surface area contributed by atoms with Gasteiger partial charge in [-0.15, -0.1) is 0 Å². The van der Waals surface area contributed by atoms with E-state index in [1.165, 1.54) is 0 Å². The zero-order valence-electron chi connectivity index (χ0n) is 10.4. The van der Waals surface area contributed by atoms with Crippen molar-refractivity contribution >= 4 is 28.8 Å². The quantitative estimate of drug-likeness (QED) is 0.665. The molecule has 0 N–H and O–H groups in total. The first kappa shape index (κ1) is 12.6. The molecule has 0 aliphatic heterocycles. The highest BCUT2D eigenvalue weighted by Crippen LogP contribution is 2.27. The molecule has 0 aliphatic rings. The zero-order valence-corrected chi connectivity index (χ0v) is 11.2. The van der Waals surface area contributed by atoms with Gasteiger partial charge in [0, 0.05) is 10.4 Å². The number of benzene rings is 2. The Morgan fingerprint density at radius 1 is 1.05 bits per heavy atom. The van der Waals surface area contributed by atoms with Gasteiger partial charge in [0.2, 0.25) is 5.88 Å². The number of carbonyl (C=O) groups is 1. The Bertz CT molecular complexity index is 786. The summed E-state index contributed by atoms with van der Waals surface area (Å²) in [6, 6.07) is 16.3. The van der Waals surface area contributed by atoms with E-state index in [0.717, 1.165) is 17.2 Å². The molecule has 0 fully saturated rings. The van der Waals surface area contributed by atoms with E-state index < -0.39 is 0 Å². The van der Waals surface area contributed by atoms with Crippen molar-refractivity contribution in [3.63, 3.8) is 0 Å². The lowest BCUT2D eigenvalue weighted by Gasteiger charge is -2.08. The number of pyridine rings is 1. The molecule has 3 aromatic rings. The molecule has 1 heterocycles. The van der Waals surface area contributed by atoms with Gasteiger partial charge < -0.3 is 4.74 Å². The average molecular weight is 284 g/mol. The number of carbonyl (C=O) groups excluding carboxylic acids is 1. The van der Waals surface area contributed by atoms with Crippen molar-refractivity contribution in [3.8, 4) is 11.6 Å². The third-order valence-corrected chi connectivity index (χ3v) is 3.09. The molecule has 0 saturated carbocycles. The summed E-state index contributed by atoms with van der Waals surface area (Å²) in [6.07, 6.45) is 0.735. The molecule has 0 atom stereocenters. The molecule has 0 aliphatic carbocycles. The molecule has 4 heteroatoms. The molecule has 0 unspecified atom stereocenters. The van der Waals surface area contributed by atoms with Crippen LogP contribution in [-0.2, 0) is 0 Å². The molecule has 0 amide bonds. The number of rotatable bonds is 3. The van der Waals surface area contributed by atoms with Gasteiger partial charge in [0.15, 0.2) is 6.29 Å². The Morgan fingerprint density at radius 2 is 1.90 bits per heavy atom. The lowest BCUT2D eigenvalue weighted by Crippen LogP contribution is -1.94. The second-order valence-electron chi connectivity index (χ2n) is 4.25. The van der Waals surface area contributed by atoms with Crippen LogP contribution in [0.5, 0.6) is 11.6 Å². The SMILES string of the molecule is O=Cc1cc2ccccc2nc1Oc1cccc(Cl)c1. The molecule has 2 aromatic carbocycles. The van der Waals surface area contributed by atoms with Crippen LogP contribution >= 0.6 is 11.6 Å². The highest BCUT2D eigenvalue weighted by Gasteiger charge is 2.09. The topological polar surface area (TPSA) is 39.2 Å². The van der Waals surface area contributed by atoms with Crippen LogP contribution in [0.2, 0.25) is 5.02 Å². The van der Waals surface area contributed by atoms with Gasteiger partial charge in [-0.3, -0.25) is 4.79 Å². The Labute approximate surface area is 120 Å². The van der Waals surface area contributed by atoms with Gasteiger partial charge in [-0.05, 0) is 30.3 Å². The number of aldehydes is 1. The molecular formula is C16H10ClNO2. The fraction of sp³-hybridized carbons (Fsp3) is 0. The molecule has 20 heavy (non-hydrogen) atoms. The van der Waals surface area contributed by atoms with E-state index in [0.29, 0.717) is 16.3 Å². The number of aromatic nitrogens is 1. The summed E-state index contributed by atoms with van der Waals surface area (Å²) in [5, 5.41) is 1.46. The first-order valence-corrected chi connectivity index (χ1v) is 6.42. The van der Waals surface area contributed by atoms with Crippen LogP contribution in [0.3, 0.4) is 0 Å². The van der Waals surface area contributed by atoms with E-state index in [2.05, 4.69) is 4.98 Å². The molecule has 0 saturated heterocycles. The molecule has 0 radical (unpaired) electrons. The minimum atomic E-state index is 0.279. The fourth-order valence-electron chi connectivity index (χ4n) is 1.92. The van der Waals surface area contributed by atoms with Gasteiger partial charge in [0.1, 0.15) is 5.75 Å². The summed E-state index contributed by atoms with van der Waals surface area (Å²) >= 11 is 5.91. The lowest BCUT2D eigenvalue weighted by molar-refractivity contribution is 0.112. The number of hydrogen-bond acceptors (Lipinski definition) is 3. The van der Waals surface area contributed by atoms with Crippen molar-refractivity contribution in [1.82, 2.24) is 4.98 Å². The largest absolute Gasteiger partial charge is 0.438 e. The van der Waals surface area contributed by atoms with Gasteiger partial charge in [0.25, 0.3) is 0 Å². The Hall–Kier alpha value is -2.39. The number of nitrogens with zero attached hydrogens (tertiary/aromatic N) is 1. The van der Waals surface area contributed by atoms with Gasteiger partial charge in [-0.25, -0.2) is 4.98 Å². The third kappa shape index (κ3) is 2.49. The van der Waals surface area contributed by atoms with Crippen molar-refractivity contribution in [2.75, 3.05) is 0 Å². The van der Waals surface area contributed by atoms with E-state index in [4.69, 9.17) is 16.3 Å². The van der Waals surface area contributed by atoms with Gasteiger partial charge >= 0.3 is 0 Å². The first-order valence-electron chi connectivity index (χ1n) is 6.04. The zero-order chi connectivity index (χ0) is 13.9. The van der Waals surface area contributed by atoms with Crippen LogP contribution in [0.15, 0.2) is 54.6 Å². The molecule has 3 nitrogen and oxygen atoms in total. The standard InChI is InChI=1S/C16H10ClNO2/c17-13-5-3-6-14(9-13)20-16-12(10-19)8-11-4-1-2-7-15(11)18-16/h1-10H. The lowest BCUT2D eigenvalue weighted by atomic mass is 10.1. The molecule has 1 aromatic heterocycles. The number of halogens is 1. The van der Waals surface area contributed by atoms with Crippen LogP contribution < -0.4 is 4.74 Å². The minimum Gasteiger partial charge on any atom is -0.438 e. The van der Waals surface area contributed by atoms with E-state index >= 15 is 0 Å². The van der Waals surface area contributed by atoms with Crippen molar-refractivity contribution in [3.05, 3.63) is 65.2 Å². The van der Waals surface area contributed by atoms with E-state index in [-0.39, 0.29) is 5.88 Å². The van der Waals surface area contributed by atoms with Crippen molar-refractivity contribution in [2.45, 2.75) is 0 Å². The smallest absolute Gasteiger partial charge is 0.230 e. The summed E-state index contributed by atoms with van der Waals surface area (Å²) in [4.78, 5) is 15.6. The first-order chi connectivity index (χ1) is 9.76. The number of ether oxygens (including phenoxy) is 1. The maximum absolute atomic E-state index is 11.2. The maximum Gasteiger partial charge on any atom is 0.230 e. The van der Waals surface area contributed by atoms with Crippen LogP contribution in [-0.4, -0.2) is 11.3 Å². The van der Waals surface area contributed by atoms with Crippen molar-refractivity contribution in [1.29, 1.82) is 0 Å². The highest BCUT2D eigenvalue weighted by atomic mass is 35.5. The van der Waals surface area contributed by atoms with Gasteiger partial charge in [0.05, 0.1) is 11.1 Å². The maximum atomic E-state index is 11.2. The average Bonchev–Trinajstić information content (AvgIpc) is 2.46. The number of hydrogen-bond donors (Lipinski definition) is 0. The van der Waals surface area contributed by atoms with Crippen LogP contribution in [0.4, 0.5) is 0 Å². The summed E-state index contributed by atoms with van der Waals surface area (Å²) < 4.78 is 5.66.